The van der Waals surface area contributed by atoms with E-state index in [1.165, 1.54) is 26.2 Å². The van der Waals surface area contributed by atoms with Crippen molar-refractivity contribution in [3.05, 3.63) is 30.1 Å². The lowest BCUT2D eigenvalue weighted by atomic mass is 10.1. The third kappa shape index (κ3) is 7.34. The zero-order valence-electron chi connectivity index (χ0n) is 10.9. The maximum absolute atomic E-state index is 12.7. The lowest BCUT2D eigenvalue weighted by Crippen LogP contribution is -2.19. The second-order valence-corrected chi connectivity index (χ2v) is 6.43. The fourth-order valence-electron chi connectivity index (χ4n) is 1.67. The number of hydrogen-bond donors (Lipinski definition) is 0. The molecule has 1 aromatic rings. The van der Waals surface area contributed by atoms with E-state index in [2.05, 4.69) is 0 Å². The molecule has 122 valence electrons. The van der Waals surface area contributed by atoms with Crippen LogP contribution in [0.5, 0.6) is 0 Å². The molecule has 0 aliphatic rings. The minimum Gasteiger partial charge on any atom is -0.381 e. The Hall–Kier alpha value is -1.27. The van der Waals surface area contributed by atoms with Crippen molar-refractivity contribution in [3.63, 3.8) is 0 Å². The zero-order chi connectivity index (χ0) is 14.5. The number of halogens is 1. The van der Waals surface area contributed by atoms with Crippen LogP contribution in [0, 0.1) is 5.82 Å². The molecule has 21 heavy (non-hydrogen) atoms. The Bertz CT molecular complexity index is 523. The number of hydrogen-bond acceptors (Lipinski definition) is 4. The van der Waals surface area contributed by atoms with Gasteiger partial charge in [-0.05, 0) is 37.6 Å². The summed E-state index contributed by atoms with van der Waals surface area (Å²) in [5.74, 6) is -0.666. The molecule has 0 aliphatic heterocycles. The summed E-state index contributed by atoms with van der Waals surface area (Å²) in [7, 11) is -2.03. The topological polar surface area (TPSA) is 60.4 Å². The number of ether oxygens (including phenoxy) is 1. The molecule has 0 spiro atoms. The van der Waals surface area contributed by atoms with Crippen molar-refractivity contribution in [3.8, 4) is 0 Å². The quantitative estimate of drug-likeness (QED) is 0.724. The Kier molecular flexibility index (Phi) is 10.1. The van der Waals surface area contributed by atoms with Gasteiger partial charge in [-0.3, -0.25) is 4.79 Å². The molecule has 4 nitrogen and oxygen atoms in total. The van der Waals surface area contributed by atoms with E-state index in [9.17, 15) is 17.6 Å². The van der Waals surface area contributed by atoms with Gasteiger partial charge in [-0.25, -0.2) is 12.8 Å². The SMILES string of the molecule is C.C.COC(CCS(=O)(=O)c1ccc(F)cc1)CC(C)=O. The van der Waals surface area contributed by atoms with E-state index in [0.29, 0.717) is 0 Å². The molecular formula is C15H25FO4S. The molecular weight excluding hydrogens is 295 g/mol. The Morgan fingerprint density at radius 1 is 1.24 bits per heavy atom. The van der Waals surface area contributed by atoms with Gasteiger partial charge in [0.25, 0.3) is 0 Å². The van der Waals surface area contributed by atoms with Gasteiger partial charge in [-0.2, -0.15) is 0 Å². The molecule has 0 saturated carbocycles. The van der Waals surface area contributed by atoms with Crippen LogP contribution in [-0.2, 0) is 19.4 Å². The minimum atomic E-state index is -3.48. The highest BCUT2D eigenvalue weighted by atomic mass is 32.2. The summed E-state index contributed by atoms with van der Waals surface area (Å²) < 4.78 is 41.8. The second-order valence-electron chi connectivity index (χ2n) is 4.33. The zero-order valence-corrected chi connectivity index (χ0v) is 11.7. The monoisotopic (exact) mass is 320 g/mol. The molecule has 0 aromatic heterocycles. The molecule has 0 saturated heterocycles. The van der Waals surface area contributed by atoms with Crippen molar-refractivity contribution >= 4 is 15.6 Å². The third-order valence-electron chi connectivity index (χ3n) is 2.73. The Morgan fingerprint density at radius 2 is 1.76 bits per heavy atom. The van der Waals surface area contributed by atoms with E-state index < -0.39 is 21.8 Å². The lowest BCUT2D eigenvalue weighted by molar-refractivity contribution is -0.119. The van der Waals surface area contributed by atoms with Gasteiger partial charge < -0.3 is 4.74 Å². The number of benzene rings is 1. The van der Waals surface area contributed by atoms with Gasteiger partial charge >= 0.3 is 0 Å². The Morgan fingerprint density at radius 3 is 2.19 bits per heavy atom. The Balaban J connectivity index is 0. The molecule has 1 aromatic carbocycles. The van der Waals surface area contributed by atoms with E-state index in [1.807, 2.05) is 0 Å². The molecule has 6 heteroatoms. The van der Waals surface area contributed by atoms with Crippen LogP contribution in [0.2, 0.25) is 0 Å². The van der Waals surface area contributed by atoms with Crippen LogP contribution < -0.4 is 0 Å². The molecule has 0 N–H and O–H groups in total. The number of sulfone groups is 1. The largest absolute Gasteiger partial charge is 0.381 e. The number of methoxy groups -OCH3 is 1. The van der Waals surface area contributed by atoms with Crippen molar-refractivity contribution < 1.29 is 22.3 Å². The fourth-order valence-corrected chi connectivity index (χ4v) is 3.03. The summed E-state index contributed by atoms with van der Waals surface area (Å²) in [6.07, 6.45) is 0.0123. The van der Waals surface area contributed by atoms with Gasteiger partial charge in [0.2, 0.25) is 0 Å². The fraction of sp³-hybridized carbons (Fsp3) is 0.533. The average Bonchev–Trinajstić information content (AvgIpc) is 2.34. The van der Waals surface area contributed by atoms with Gasteiger partial charge in [0.05, 0.1) is 16.8 Å². The van der Waals surface area contributed by atoms with Crippen molar-refractivity contribution in [2.75, 3.05) is 12.9 Å². The summed E-state index contributed by atoms with van der Waals surface area (Å²) in [5, 5.41) is 0. The summed E-state index contributed by atoms with van der Waals surface area (Å²) >= 11 is 0. The number of carbonyl (C=O) groups is 1. The molecule has 0 radical (unpaired) electrons. The highest BCUT2D eigenvalue weighted by molar-refractivity contribution is 7.91. The van der Waals surface area contributed by atoms with Gasteiger partial charge in [0, 0.05) is 13.5 Å². The number of carbonyl (C=O) groups excluding carboxylic acids is 1. The molecule has 1 unspecified atom stereocenters. The first kappa shape index (κ1) is 22.0. The number of Topliss-reactive ketones (excluding diaryl/α,β-unsaturated/α-hetero) is 1. The standard InChI is InChI=1S/C13H17FO4S.2CH4/c1-10(15)9-12(18-2)7-8-19(16,17)13-5-3-11(14)4-6-13;;/h3-6,12H,7-9H2,1-2H3;2*1H4. The molecule has 0 aliphatic carbocycles. The normalized spacial score (nSPS) is 12.0. The lowest BCUT2D eigenvalue weighted by Gasteiger charge is -2.13. The van der Waals surface area contributed by atoms with E-state index in [1.54, 1.807) is 0 Å². The van der Waals surface area contributed by atoms with Crippen LogP contribution in [0.4, 0.5) is 4.39 Å². The first-order valence-corrected chi connectivity index (χ1v) is 7.51. The van der Waals surface area contributed by atoms with Gasteiger partial charge in [0.15, 0.2) is 9.84 Å². The summed E-state index contributed by atoms with van der Waals surface area (Å²) in [6, 6.07) is 4.68. The predicted molar refractivity (Wildman–Crippen MR) is 82.6 cm³/mol. The van der Waals surface area contributed by atoms with Crippen molar-refractivity contribution in [1.29, 1.82) is 0 Å². The predicted octanol–water partition coefficient (Wildman–Crippen LogP) is 3.26. The summed E-state index contributed by atoms with van der Waals surface area (Å²) in [6.45, 7) is 1.43. The van der Waals surface area contributed by atoms with Crippen LogP contribution in [0.1, 0.15) is 34.6 Å². The molecule has 0 bridgehead atoms. The molecule has 1 atom stereocenters. The maximum atomic E-state index is 12.7. The summed E-state index contributed by atoms with van der Waals surface area (Å²) in [5.41, 5.74) is 0. The first-order chi connectivity index (χ1) is 8.85. The highest BCUT2D eigenvalue weighted by Crippen LogP contribution is 2.15. The van der Waals surface area contributed by atoms with Crippen LogP contribution in [0.3, 0.4) is 0 Å². The van der Waals surface area contributed by atoms with Gasteiger partial charge in [-0.15, -0.1) is 0 Å². The van der Waals surface area contributed by atoms with Crippen LogP contribution >= 0.6 is 0 Å². The van der Waals surface area contributed by atoms with E-state index in [0.717, 1.165) is 12.1 Å². The molecule has 0 amide bonds. The molecule has 1 rings (SSSR count). The maximum Gasteiger partial charge on any atom is 0.178 e. The van der Waals surface area contributed by atoms with E-state index >= 15 is 0 Å². The van der Waals surface area contributed by atoms with Crippen LogP contribution in [0.15, 0.2) is 29.2 Å². The van der Waals surface area contributed by atoms with E-state index in [-0.39, 0.29) is 44.1 Å². The third-order valence-corrected chi connectivity index (χ3v) is 4.49. The number of ketones is 1. The molecule has 0 fully saturated rings. The minimum absolute atomic E-state index is 0. The van der Waals surface area contributed by atoms with Gasteiger partial charge in [-0.1, -0.05) is 14.9 Å². The second kappa shape index (κ2) is 9.63. The van der Waals surface area contributed by atoms with Crippen molar-refractivity contribution in [2.45, 2.75) is 45.6 Å². The van der Waals surface area contributed by atoms with Gasteiger partial charge in [0.1, 0.15) is 11.6 Å². The summed E-state index contributed by atoms with van der Waals surface area (Å²) in [4.78, 5) is 11.0. The number of rotatable bonds is 7. The van der Waals surface area contributed by atoms with Crippen molar-refractivity contribution in [2.24, 2.45) is 0 Å². The average molecular weight is 320 g/mol. The molecule has 0 heterocycles. The smallest absolute Gasteiger partial charge is 0.178 e. The van der Waals surface area contributed by atoms with Crippen LogP contribution in [-0.4, -0.2) is 33.2 Å². The first-order valence-electron chi connectivity index (χ1n) is 5.85. The Labute approximate surface area is 127 Å². The highest BCUT2D eigenvalue weighted by Gasteiger charge is 2.18. The van der Waals surface area contributed by atoms with E-state index in [4.69, 9.17) is 4.74 Å². The van der Waals surface area contributed by atoms with Crippen LogP contribution in [0.25, 0.3) is 0 Å². The van der Waals surface area contributed by atoms with Crippen molar-refractivity contribution in [1.82, 2.24) is 0 Å².